The Hall–Kier alpha value is -3.39. The number of sulfonamides is 2. The molecule has 176 valence electrons. The van der Waals surface area contributed by atoms with E-state index in [1.54, 1.807) is 13.8 Å². The maximum absolute atomic E-state index is 12.6. The van der Waals surface area contributed by atoms with Crippen molar-refractivity contribution in [1.29, 1.82) is 0 Å². The summed E-state index contributed by atoms with van der Waals surface area (Å²) in [6.45, 7) is 3.27. The fourth-order valence-corrected chi connectivity index (χ4v) is 4.94. The SMILES string of the molecule is Cc1cc(NS(=O)(=O)c2ccc(NS(=O)(=O)c3ccccc3OC(F)(F)F)cc2)nc(C)n1. The average molecular weight is 502 g/mol. The van der Waals surface area contributed by atoms with Gasteiger partial charge in [0.1, 0.15) is 22.3 Å². The van der Waals surface area contributed by atoms with Crippen molar-refractivity contribution in [3.63, 3.8) is 0 Å². The van der Waals surface area contributed by atoms with Crippen molar-refractivity contribution in [1.82, 2.24) is 9.97 Å². The third kappa shape index (κ3) is 6.32. The number of nitrogens with one attached hydrogen (secondary N) is 2. The molecule has 0 saturated carbocycles. The summed E-state index contributed by atoms with van der Waals surface area (Å²) in [4.78, 5) is 7.11. The molecule has 0 atom stereocenters. The summed E-state index contributed by atoms with van der Waals surface area (Å²) >= 11 is 0. The molecule has 14 heteroatoms. The molecule has 0 amide bonds. The van der Waals surface area contributed by atoms with Crippen LogP contribution in [-0.4, -0.2) is 33.2 Å². The molecule has 1 heterocycles. The van der Waals surface area contributed by atoms with Crippen LogP contribution < -0.4 is 14.2 Å². The van der Waals surface area contributed by atoms with Crippen LogP contribution in [0.4, 0.5) is 24.7 Å². The van der Waals surface area contributed by atoms with Crippen LogP contribution in [0.2, 0.25) is 0 Å². The molecule has 1 aromatic heterocycles. The summed E-state index contributed by atoms with van der Waals surface area (Å²) in [6, 6.07) is 10.2. The van der Waals surface area contributed by atoms with Crippen LogP contribution >= 0.6 is 0 Å². The van der Waals surface area contributed by atoms with Gasteiger partial charge in [-0.2, -0.15) is 0 Å². The number of ether oxygens (including phenoxy) is 1. The molecule has 9 nitrogen and oxygen atoms in total. The number of rotatable bonds is 7. The fraction of sp³-hybridized carbons (Fsp3) is 0.158. The fourth-order valence-electron chi connectivity index (χ4n) is 2.76. The number of para-hydroxylation sites is 1. The first kappa shape index (κ1) is 24.3. The monoisotopic (exact) mass is 502 g/mol. The zero-order chi connectivity index (χ0) is 24.4. The molecule has 0 radical (unpaired) electrons. The Morgan fingerprint density at radius 3 is 2.09 bits per heavy atom. The van der Waals surface area contributed by atoms with Crippen molar-refractivity contribution < 1.29 is 34.7 Å². The number of hydrogen-bond acceptors (Lipinski definition) is 7. The Kier molecular flexibility index (Phi) is 6.51. The van der Waals surface area contributed by atoms with Crippen LogP contribution in [0, 0.1) is 13.8 Å². The lowest BCUT2D eigenvalue weighted by molar-refractivity contribution is -0.275. The van der Waals surface area contributed by atoms with E-state index < -0.39 is 37.1 Å². The number of benzene rings is 2. The zero-order valence-electron chi connectivity index (χ0n) is 17.1. The van der Waals surface area contributed by atoms with Crippen molar-refractivity contribution in [2.75, 3.05) is 9.44 Å². The summed E-state index contributed by atoms with van der Waals surface area (Å²) in [6.07, 6.45) is -5.09. The number of aromatic nitrogens is 2. The zero-order valence-corrected chi connectivity index (χ0v) is 18.7. The third-order valence-electron chi connectivity index (χ3n) is 3.99. The minimum absolute atomic E-state index is 0.0612. The summed E-state index contributed by atoms with van der Waals surface area (Å²) < 4.78 is 96.3. The highest BCUT2D eigenvalue weighted by Gasteiger charge is 2.34. The second-order valence-electron chi connectivity index (χ2n) is 6.67. The predicted octanol–water partition coefficient (Wildman–Crippen LogP) is 3.59. The van der Waals surface area contributed by atoms with Gasteiger partial charge in [0.2, 0.25) is 0 Å². The quantitative estimate of drug-likeness (QED) is 0.505. The Balaban J connectivity index is 1.82. The normalized spacial score (nSPS) is 12.3. The van der Waals surface area contributed by atoms with Gasteiger partial charge in [0, 0.05) is 17.4 Å². The summed E-state index contributed by atoms with van der Waals surface area (Å²) in [7, 11) is -8.53. The topological polar surface area (TPSA) is 127 Å². The van der Waals surface area contributed by atoms with Crippen molar-refractivity contribution in [2.45, 2.75) is 30.0 Å². The van der Waals surface area contributed by atoms with Crippen LogP contribution in [0.5, 0.6) is 5.75 Å². The molecule has 0 fully saturated rings. The van der Waals surface area contributed by atoms with Crippen LogP contribution in [0.15, 0.2) is 64.4 Å². The van der Waals surface area contributed by atoms with Crippen molar-refractivity contribution in [2.24, 2.45) is 0 Å². The van der Waals surface area contributed by atoms with E-state index in [1.165, 1.54) is 18.2 Å². The van der Waals surface area contributed by atoms with Crippen LogP contribution in [-0.2, 0) is 20.0 Å². The number of aryl methyl sites for hydroxylation is 2. The van der Waals surface area contributed by atoms with Crippen LogP contribution in [0.3, 0.4) is 0 Å². The van der Waals surface area contributed by atoms with Gasteiger partial charge in [0.05, 0.1) is 4.90 Å². The van der Waals surface area contributed by atoms with Crippen molar-refractivity contribution >= 4 is 31.6 Å². The number of hydrogen-bond donors (Lipinski definition) is 2. The first-order valence-corrected chi connectivity index (χ1v) is 12.0. The minimum atomic E-state index is -5.09. The van der Waals surface area contributed by atoms with Gasteiger partial charge in [-0.15, -0.1) is 13.2 Å². The lowest BCUT2D eigenvalue weighted by Gasteiger charge is -2.14. The van der Waals surface area contributed by atoms with E-state index in [4.69, 9.17) is 0 Å². The van der Waals surface area contributed by atoms with Crippen molar-refractivity contribution in [3.8, 4) is 5.75 Å². The number of halogens is 3. The van der Waals surface area contributed by atoms with E-state index in [0.29, 0.717) is 11.5 Å². The van der Waals surface area contributed by atoms with E-state index in [0.717, 1.165) is 36.4 Å². The lowest BCUT2D eigenvalue weighted by atomic mass is 10.3. The maximum atomic E-state index is 12.6. The highest BCUT2D eigenvalue weighted by molar-refractivity contribution is 7.93. The van der Waals surface area contributed by atoms with Gasteiger partial charge in [-0.05, 0) is 50.2 Å². The van der Waals surface area contributed by atoms with E-state index in [1.807, 2.05) is 0 Å². The molecular formula is C19H17F3N4O5S2. The molecule has 0 unspecified atom stereocenters. The maximum Gasteiger partial charge on any atom is 0.573 e. The van der Waals surface area contributed by atoms with E-state index in [-0.39, 0.29) is 16.4 Å². The summed E-state index contributed by atoms with van der Waals surface area (Å²) in [5, 5.41) is 0. The van der Waals surface area contributed by atoms with Gasteiger partial charge in [0.25, 0.3) is 20.0 Å². The van der Waals surface area contributed by atoms with E-state index >= 15 is 0 Å². The number of anilines is 2. The largest absolute Gasteiger partial charge is 0.573 e. The van der Waals surface area contributed by atoms with E-state index in [9.17, 15) is 30.0 Å². The molecule has 0 bridgehead atoms. The second kappa shape index (κ2) is 8.86. The molecule has 0 spiro atoms. The standard InChI is InChI=1S/C19H17F3N4O5S2/c1-12-11-18(24-13(2)23-12)26-32(27,28)15-9-7-14(8-10-15)25-33(29,30)17-6-4-3-5-16(17)31-19(20,21)22/h3-11,25H,1-2H3,(H,23,24,26). The van der Waals surface area contributed by atoms with Crippen LogP contribution in [0.25, 0.3) is 0 Å². The molecule has 3 aromatic rings. The number of nitrogens with zero attached hydrogens (tertiary/aromatic N) is 2. The smallest absolute Gasteiger partial charge is 0.404 e. The molecule has 0 aliphatic heterocycles. The molecule has 0 saturated heterocycles. The Labute approximate surface area is 187 Å². The van der Waals surface area contributed by atoms with Gasteiger partial charge >= 0.3 is 6.36 Å². The Morgan fingerprint density at radius 2 is 1.48 bits per heavy atom. The van der Waals surface area contributed by atoms with Crippen molar-refractivity contribution in [3.05, 3.63) is 66.1 Å². The predicted molar refractivity (Wildman–Crippen MR) is 113 cm³/mol. The molecule has 33 heavy (non-hydrogen) atoms. The minimum Gasteiger partial charge on any atom is -0.404 e. The second-order valence-corrected chi connectivity index (χ2v) is 10.0. The molecule has 2 aromatic carbocycles. The number of alkyl halides is 3. The first-order chi connectivity index (χ1) is 15.2. The van der Waals surface area contributed by atoms with Crippen LogP contribution in [0.1, 0.15) is 11.5 Å². The lowest BCUT2D eigenvalue weighted by Crippen LogP contribution is -2.21. The summed E-state index contributed by atoms with van der Waals surface area (Å²) in [5.74, 6) is -0.477. The highest BCUT2D eigenvalue weighted by atomic mass is 32.2. The average Bonchev–Trinajstić information content (AvgIpc) is 2.66. The van der Waals surface area contributed by atoms with E-state index in [2.05, 4.69) is 24.1 Å². The molecule has 2 N–H and O–H groups in total. The van der Waals surface area contributed by atoms with Gasteiger partial charge in [-0.25, -0.2) is 26.8 Å². The van der Waals surface area contributed by atoms with Gasteiger partial charge in [-0.1, -0.05) is 12.1 Å². The Bertz CT molecular complexity index is 1360. The highest BCUT2D eigenvalue weighted by Crippen LogP contribution is 2.30. The van der Waals surface area contributed by atoms with Gasteiger partial charge < -0.3 is 4.74 Å². The molecular weight excluding hydrogens is 485 g/mol. The van der Waals surface area contributed by atoms with Gasteiger partial charge in [0.15, 0.2) is 0 Å². The molecule has 0 aliphatic rings. The first-order valence-electron chi connectivity index (χ1n) is 9.08. The third-order valence-corrected chi connectivity index (χ3v) is 6.78. The molecule has 3 rings (SSSR count). The Morgan fingerprint density at radius 1 is 0.848 bits per heavy atom. The molecule has 0 aliphatic carbocycles. The van der Waals surface area contributed by atoms with Gasteiger partial charge in [-0.3, -0.25) is 9.44 Å². The summed E-state index contributed by atoms with van der Waals surface area (Å²) in [5.41, 5.74) is 0.476.